The van der Waals surface area contributed by atoms with Crippen LogP contribution in [0, 0.1) is 11.3 Å². The van der Waals surface area contributed by atoms with Crippen molar-refractivity contribution < 1.29 is 9.90 Å². The summed E-state index contributed by atoms with van der Waals surface area (Å²) >= 11 is 0. The Bertz CT molecular complexity index is 660. The zero-order valence-electron chi connectivity index (χ0n) is 12.4. The van der Waals surface area contributed by atoms with Gasteiger partial charge in [-0.2, -0.15) is 5.26 Å². The van der Waals surface area contributed by atoms with Gasteiger partial charge >= 0.3 is 5.97 Å². The molecule has 0 aliphatic carbocycles. The molecule has 4 heteroatoms. The molecular weight excluding hydrogens is 276 g/mol. The molecule has 0 aliphatic heterocycles. The molecule has 22 heavy (non-hydrogen) atoms. The summed E-state index contributed by atoms with van der Waals surface area (Å²) in [6.45, 7) is 2.57. The molecule has 0 fully saturated rings. The third-order valence-electron chi connectivity index (χ3n) is 3.62. The van der Waals surface area contributed by atoms with Crippen molar-refractivity contribution in [2.24, 2.45) is 0 Å². The van der Waals surface area contributed by atoms with E-state index in [0.717, 1.165) is 11.1 Å². The number of rotatable bonds is 6. The molecule has 4 nitrogen and oxygen atoms in total. The van der Waals surface area contributed by atoms with Crippen LogP contribution in [0.15, 0.2) is 54.6 Å². The van der Waals surface area contributed by atoms with Gasteiger partial charge in [0.25, 0.3) is 0 Å². The predicted octanol–water partition coefficient (Wildman–Crippen LogP) is 3.08. The third kappa shape index (κ3) is 3.94. The van der Waals surface area contributed by atoms with E-state index in [4.69, 9.17) is 5.26 Å². The second-order valence-electron chi connectivity index (χ2n) is 5.23. The molecule has 2 unspecified atom stereocenters. The van der Waals surface area contributed by atoms with E-state index in [2.05, 4.69) is 11.4 Å². The van der Waals surface area contributed by atoms with Gasteiger partial charge in [0, 0.05) is 6.54 Å². The van der Waals surface area contributed by atoms with Gasteiger partial charge in [-0.25, -0.2) is 0 Å². The molecule has 2 aromatic carbocycles. The Morgan fingerprint density at radius 2 is 1.77 bits per heavy atom. The fourth-order valence-electron chi connectivity index (χ4n) is 2.29. The first kappa shape index (κ1) is 15.7. The maximum absolute atomic E-state index is 11.4. The molecule has 0 saturated carbocycles. The van der Waals surface area contributed by atoms with Crippen molar-refractivity contribution in [2.75, 3.05) is 6.54 Å². The Kier molecular flexibility index (Phi) is 5.29. The molecular formula is C18H18N2O2. The minimum atomic E-state index is -0.891. The summed E-state index contributed by atoms with van der Waals surface area (Å²) in [4.78, 5) is 11.4. The smallest absolute Gasteiger partial charge is 0.325 e. The maximum Gasteiger partial charge on any atom is 0.325 e. The standard InChI is InChI=1S/C18H18N2O2/c1-13(15-9-7-14(11-19)8-10-15)12-20-17(18(21)22)16-5-3-2-4-6-16/h2-10,13,17,20H,12H2,1H3,(H,21,22). The van der Waals surface area contributed by atoms with Gasteiger partial charge < -0.3 is 10.4 Å². The zero-order chi connectivity index (χ0) is 15.9. The molecule has 2 aromatic rings. The van der Waals surface area contributed by atoms with Crippen LogP contribution in [0.2, 0.25) is 0 Å². The van der Waals surface area contributed by atoms with Crippen molar-refractivity contribution >= 4 is 5.97 Å². The van der Waals surface area contributed by atoms with Crippen molar-refractivity contribution in [1.82, 2.24) is 5.32 Å². The van der Waals surface area contributed by atoms with Crippen molar-refractivity contribution in [1.29, 1.82) is 5.26 Å². The summed E-state index contributed by atoms with van der Waals surface area (Å²) in [6, 6.07) is 17.9. The summed E-state index contributed by atoms with van der Waals surface area (Å²) < 4.78 is 0. The molecule has 0 amide bonds. The molecule has 0 heterocycles. The zero-order valence-corrected chi connectivity index (χ0v) is 12.4. The van der Waals surface area contributed by atoms with E-state index in [1.54, 1.807) is 24.3 Å². The summed E-state index contributed by atoms with van der Waals surface area (Å²) in [7, 11) is 0. The number of hydrogen-bond donors (Lipinski definition) is 2. The molecule has 0 aromatic heterocycles. The van der Waals surface area contributed by atoms with Gasteiger partial charge in [-0.05, 0) is 29.2 Å². The van der Waals surface area contributed by atoms with Gasteiger partial charge in [-0.15, -0.1) is 0 Å². The maximum atomic E-state index is 11.4. The lowest BCUT2D eigenvalue weighted by atomic mass is 9.99. The number of aliphatic carboxylic acids is 1. The van der Waals surface area contributed by atoms with Crippen LogP contribution >= 0.6 is 0 Å². The summed E-state index contributed by atoms with van der Waals surface area (Å²) in [5, 5.41) is 21.3. The van der Waals surface area contributed by atoms with Crippen molar-refractivity contribution in [2.45, 2.75) is 18.9 Å². The molecule has 112 valence electrons. The van der Waals surface area contributed by atoms with Crippen LogP contribution in [0.3, 0.4) is 0 Å². The highest BCUT2D eigenvalue weighted by Gasteiger charge is 2.19. The first-order valence-electron chi connectivity index (χ1n) is 7.13. The van der Waals surface area contributed by atoms with Crippen LogP contribution in [0.1, 0.15) is 35.6 Å². The largest absolute Gasteiger partial charge is 0.480 e. The van der Waals surface area contributed by atoms with Crippen molar-refractivity contribution in [3.05, 3.63) is 71.3 Å². The van der Waals surface area contributed by atoms with Crippen LogP contribution in [0.5, 0.6) is 0 Å². The number of benzene rings is 2. The Labute approximate surface area is 130 Å². The monoisotopic (exact) mass is 294 g/mol. The lowest BCUT2D eigenvalue weighted by Crippen LogP contribution is -2.31. The molecule has 2 atom stereocenters. The number of carboxylic acid groups (broad SMARTS) is 1. The number of hydrogen-bond acceptors (Lipinski definition) is 3. The highest BCUT2D eigenvalue weighted by molar-refractivity contribution is 5.75. The Balaban J connectivity index is 2.03. The summed E-state index contributed by atoms with van der Waals surface area (Å²) in [5.74, 6) is -0.739. The summed E-state index contributed by atoms with van der Waals surface area (Å²) in [6.07, 6.45) is 0. The van der Waals surface area contributed by atoms with Gasteiger partial charge in [0.2, 0.25) is 0 Å². The molecule has 0 bridgehead atoms. The lowest BCUT2D eigenvalue weighted by Gasteiger charge is -2.18. The molecule has 0 spiro atoms. The quantitative estimate of drug-likeness (QED) is 0.858. The first-order chi connectivity index (χ1) is 10.6. The van der Waals surface area contributed by atoms with E-state index in [0.29, 0.717) is 12.1 Å². The lowest BCUT2D eigenvalue weighted by molar-refractivity contribution is -0.139. The highest BCUT2D eigenvalue weighted by atomic mass is 16.4. The van der Waals surface area contributed by atoms with E-state index in [-0.39, 0.29) is 5.92 Å². The summed E-state index contributed by atoms with van der Waals surface area (Å²) in [5.41, 5.74) is 2.43. The minimum absolute atomic E-state index is 0.151. The van der Waals surface area contributed by atoms with E-state index < -0.39 is 12.0 Å². The third-order valence-corrected chi connectivity index (χ3v) is 3.62. The Hall–Kier alpha value is -2.64. The van der Waals surface area contributed by atoms with Gasteiger partial charge in [-0.3, -0.25) is 4.79 Å². The minimum Gasteiger partial charge on any atom is -0.480 e. The average Bonchev–Trinajstić information content (AvgIpc) is 2.55. The fourth-order valence-corrected chi connectivity index (χ4v) is 2.29. The molecule has 2 rings (SSSR count). The number of nitrogens with one attached hydrogen (secondary N) is 1. The molecule has 2 N–H and O–H groups in total. The van der Waals surface area contributed by atoms with E-state index in [9.17, 15) is 9.90 Å². The van der Waals surface area contributed by atoms with E-state index in [1.165, 1.54) is 0 Å². The van der Waals surface area contributed by atoms with Gasteiger partial charge in [-0.1, -0.05) is 49.4 Å². The second-order valence-corrected chi connectivity index (χ2v) is 5.23. The van der Waals surface area contributed by atoms with E-state index in [1.807, 2.05) is 37.3 Å². The molecule has 0 aliphatic rings. The SMILES string of the molecule is CC(CNC(C(=O)O)c1ccccc1)c1ccc(C#N)cc1. The van der Waals surface area contributed by atoms with Crippen LogP contribution in [-0.2, 0) is 4.79 Å². The van der Waals surface area contributed by atoms with Gasteiger partial charge in [0.15, 0.2) is 0 Å². The van der Waals surface area contributed by atoms with Crippen LogP contribution in [-0.4, -0.2) is 17.6 Å². The normalized spacial score (nSPS) is 13.1. The second kappa shape index (κ2) is 7.39. The number of nitrogens with zero attached hydrogens (tertiary/aromatic N) is 1. The first-order valence-corrected chi connectivity index (χ1v) is 7.13. The van der Waals surface area contributed by atoms with Crippen LogP contribution in [0.4, 0.5) is 0 Å². The topological polar surface area (TPSA) is 73.1 Å². The number of carboxylic acids is 1. The van der Waals surface area contributed by atoms with Crippen LogP contribution in [0.25, 0.3) is 0 Å². The Morgan fingerprint density at radius 3 is 2.32 bits per heavy atom. The fraction of sp³-hybridized carbons (Fsp3) is 0.222. The molecule has 0 saturated heterocycles. The van der Waals surface area contributed by atoms with Crippen molar-refractivity contribution in [3.63, 3.8) is 0 Å². The van der Waals surface area contributed by atoms with Gasteiger partial charge in [0.1, 0.15) is 6.04 Å². The number of nitriles is 1. The van der Waals surface area contributed by atoms with Crippen LogP contribution < -0.4 is 5.32 Å². The van der Waals surface area contributed by atoms with Crippen molar-refractivity contribution in [3.8, 4) is 6.07 Å². The Morgan fingerprint density at radius 1 is 1.14 bits per heavy atom. The van der Waals surface area contributed by atoms with Gasteiger partial charge in [0.05, 0.1) is 11.6 Å². The molecule has 0 radical (unpaired) electrons. The highest BCUT2D eigenvalue weighted by Crippen LogP contribution is 2.18. The predicted molar refractivity (Wildman–Crippen MR) is 84.4 cm³/mol. The average molecular weight is 294 g/mol. The number of carbonyl (C=O) groups is 1. The van der Waals surface area contributed by atoms with E-state index >= 15 is 0 Å².